The zero-order chi connectivity index (χ0) is 13.7. The van der Waals surface area contributed by atoms with Crippen LogP contribution in [0.25, 0.3) is 0 Å². The van der Waals surface area contributed by atoms with Crippen LogP contribution in [0.2, 0.25) is 0 Å². The summed E-state index contributed by atoms with van der Waals surface area (Å²) in [7, 11) is 0. The molecular weight excluding hydrogens is 256 g/mol. The summed E-state index contributed by atoms with van der Waals surface area (Å²) in [6, 6.07) is 11.9. The molecule has 0 aliphatic rings. The lowest BCUT2D eigenvalue weighted by molar-refractivity contribution is 0.920. The number of thiocarbonyl (C=S) groups is 1. The molecule has 0 fully saturated rings. The van der Waals surface area contributed by atoms with Gasteiger partial charge in [-0.25, -0.2) is 9.97 Å². The van der Waals surface area contributed by atoms with Crippen molar-refractivity contribution in [2.24, 2.45) is 5.73 Å². The van der Waals surface area contributed by atoms with Crippen LogP contribution in [0.15, 0.2) is 42.6 Å². The van der Waals surface area contributed by atoms with Crippen LogP contribution < -0.4 is 10.6 Å². The zero-order valence-corrected chi connectivity index (χ0v) is 11.6. The standard InChI is InChI=1S/C14H16N4S/c1-11-16-9-7-14(17-11)18(10-8-13(15)19)12-5-3-2-4-6-12/h2-7,9H,8,10H2,1H3,(H2,15,19). The number of nitrogens with zero attached hydrogens (tertiary/aromatic N) is 3. The van der Waals surface area contributed by atoms with E-state index in [2.05, 4.69) is 14.9 Å². The van der Waals surface area contributed by atoms with E-state index in [0.717, 1.165) is 17.3 Å². The summed E-state index contributed by atoms with van der Waals surface area (Å²) in [5.41, 5.74) is 6.67. The van der Waals surface area contributed by atoms with Gasteiger partial charge in [0.05, 0.1) is 4.99 Å². The Morgan fingerprint density at radius 1 is 1.26 bits per heavy atom. The van der Waals surface area contributed by atoms with Crippen LogP contribution in [0.4, 0.5) is 11.5 Å². The van der Waals surface area contributed by atoms with Gasteiger partial charge in [0.2, 0.25) is 0 Å². The lowest BCUT2D eigenvalue weighted by Crippen LogP contribution is -2.24. The maximum atomic E-state index is 5.60. The van der Waals surface area contributed by atoms with E-state index in [1.54, 1.807) is 6.20 Å². The molecule has 0 saturated carbocycles. The summed E-state index contributed by atoms with van der Waals surface area (Å²) < 4.78 is 0. The summed E-state index contributed by atoms with van der Waals surface area (Å²) in [6.07, 6.45) is 2.40. The van der Waals surface area contributed by atoms with Crippen molar-refractivity contribution in [1.29, 1.82) is 0 Å². The van der Waals surface area contributed by atoms with E-state index in [1.165, 1.54) is 0 Å². The van der Waals surface area contributed by atoms with Gasteiger partial charge in [-0.3, -0.25) is 0 Å². The molecule has 1 heterocycles. The summed E-state index contributed by atoms with van der Waals surface area (Å²) in [4.78, 5) is 11.2. The Morgan fingerprint density at radius 2 is 2.00 bits per heavy atom. The first-order valence-electron chi connectivity index (χ1n) is 6.07. The molecule has 0 bridgehead atoms. The molecule has 1 aromatic heterocycles. The molecule has 0 saturated heterocycles. The van der Waals surface area contributed by atoms with Crippen molar-refractivity contribution in [1.82, 2.24) is 9.97 Å². The molecule has 5 heteroatoms. The smallest absolute Gasteiger partial charge is 0.136 e. The normalized spacial score (nSPS) is 10.2. The molecule has 0 aliphatic carbocycles. The van der Waals surface area contributed by atoms with Crippen LogP contribution in [-0.4, -0.2) is 21.5 Å². The Bertz CT molecular complexity index is 556. The van der Waals surface area contributed by atoms with Crippen molar-refractivity contribution in [3.05, 3.63) is 48.4 Å². The first-order chi connectivity index (χ1) is 9.16. The predicted molar refractivity (Wildman–Crippen MR) is 81.6 cm³/mol. The third kappa shape index (κ3) is 3.72. The summed E-state index contributed by atoms with van der Waals surface area (Å²) >= 11 is 4.96. The Kier molecular flexibility index (Phi) is 4.41. The highest BCUT2D eigenvalue weighted by Gasteiger charge is 2.10. The highest BCUT2D eigenvalue weighted by molar-refractivity contribution is 7.80. The number of anilines is 2. The minimum Gasteiger partial charge on any atom is -0.393 e. The Labute approximate surface area is 118 Å². The average molecular weight is 272 g/mol. The molecule has 0 amide bonds. The largest absolute Gasteiger partial charge is 0.393 e. The van der Waals surface area contributed by atoms with Gasteiger partial charge in [0.25, 0.3) is 0 Å². The fourth-order valence-corrected chi connectivity index (χ4v) is 1.89. The van der Waals surface area contributed by atoms with Crippen molar-refractivity contribution in [2.75, 3.05) is 11.4 Å². The maximum absolute atomic E-state index is 5.60. The van der Waals surface area contributed by atoms with Crippen LogP contribution in [0, 0.1) is 6.92 Å². The molecule has 1 aromatic carbocycles. The second-order valence-corrected chi connectivity index (χ2v) is 4.69. The van der Waals surface area contributed by atoms with Gasteiger partial charge in [0.15, 0.2) is 0 Å². The molecule has 0 atom stereocenters. The molecule has 0 radical (unpaired) electrons. The summed E-state index contributed by atoms with van der Waals surface area (Å²) in [5, 5.41) is 0. The highest BCUT2D eigenvalue weighted by Crippen LogP contribution is 2.23. The van der Waals surface area contributed by atoms with Gasteiger partial charge < -0.3 is 10.6 Å². The van der Waals surface area contributed by atoms with Gasteiger partial charge >= 0.3 is 0 Å². The molecule has 0 unspecified atom stereocenters. The molecule has 0 spiro atoms. The number of aryl methyl sites for hydroxylation is 1. The topological polar surface area (TPSA) is 55.0 Å². The van der Waals surface area contributed by atoms with E-state index in [4.69, 9.17) is 18.0 Å². The Balaban J connectivity index is 2.31. The number of para-hydroxylation sites is 1. The zero-order valence-electron chi connectivity index (χ0n) is 10.8. The lowest BCUT2D eigenvalue weighted by atomic mass is 10.2. The van der Waals surface area contributed by atoms with Crippen LogP contribution in [0.1, 0.15) is 12.2 Å². The van der Waals surface area contributed by atoms with E-state index >= 15 is 0 Å². The second kappa shape index (κ2) is 6.24. The predicted octanol–water partition coefficient (Wildman–Crippen LogP) is 2.60. The molecule has 2 aromatic rings. The molecular formula is C14H16N4S. The van der Waals surface area contributed by atoms with Crippen molar-refractivity contribution in [2.45, 2.75) is 13.3 Å². The van der Waals surface area contributed by atoms with E-state index in [-0.39, 0.29) is 0 Å². The Hall–Kier alpha value is -2.01. The minimum absolute atomic E-state index is 0.506. The highest BCUT2D eigenvalue weighted by atomic mass is 32.1. The van der Waals surface area contributed by atoms with E-state index in [1.807, 2.05) is 43.3 Å². The van der Waals surface area contributed by atoms with Crippen molar-refractivity contribution >= 4 is 28.7 Å². The van der Waals surface area contributed by atoms with Crippen LogP contribution >= 0.6 is 12.2 Å². The van der Waals surface area contributed by atoms with Crippen molar-refractivity contribution in [3.8, 4) is 0 Å². The number of aromatic nitrogens is 2. The van der Waals surface area contributed by atoms with Gasteiger partial charge in [-0.15, -0.1) is 0 Å². The monoisotopic (exact) mass is 272 g/mol. The fourth-order valence-electron chi connectivity index (χ4n) is 1.80. The number of nitrogens with two attached hydrogens (primary N) is 1. The van der Waals surface area contributed by atoms with E-state index in [9.17, 15) is 0 Å². The quantitative estimate of drug-likeness (QED) is 0.848. The summed E-state index contributed by atoms with van der Waals surface area (Å²) in [6.45, 7) is 2.58. The lowest BCUT2D eigenvalue weighted by Gasteiger charge is -2.23. The maximum Gasteiger partial charge on any atom is 0.136 e. The molecule has 98 valence electrons. The third-order valence-electron chi connectivity index (χ3n) is 2.69. The Morgan fingerprint density at radius 3 is 2.63 bits per heavy atom. The number of rotatable bonds is 5. The van der Waals surface area contributed by atoms with E-state index < -0.39 is 0 Å². The molecule has 19 heavy (non-hydrogen) atoms. The van der Waals surface area contributed by atoms with E-state index in [0.29, 0.717) is 18.0 Å². The SMILES string of the molecule is Cc1nccc(N(CCC(N)=S)c2ccccc2)n1. The molecule has 0 aliphatic heterocycles. The number of benzene rings is 1. The molecule has 2 rings (SSSR count). The number of hydrogen-bond acceptors (Lipinski definition) is 4. The van der Waals surface area contributed by atoms with Gasteiger partial charge in [-0.05, 0) is 25.1 Å². The van der Waals surface area contributed by atoms with Gasteiger partial charge in [-0.1, -0.05) is 30.4 Å². The molecule has 2 N–H and O–H groups in total. The molecule has 4 nitrogen and oxygen atoms in total. The summed E-state index contributed by atoms with van der Waals surface area (Å²) in [5.74, 6) is 1.60. The average Bonchev–Trinajstić information content (AvgIpc) is 2.40. The second-order valence-electron chi connectivity index (χ2n) is 4.17. The van der Waals surface area contributed by atoms with Crippen LogP contribution in [0.5, 0.6) is 0 Å². The van der Waals surface area contributed by atoms with Crippen molar-refractivity contribution in [3.63, 3.8) is 0 Å². The first kappa shape index (κ1) is 13.4. The van der Waals surface area contributed by atoms with Crippen LogP contribution in [-0.2, 0) is 0 Å². The van der Waals surface area contributed by atoms with Crippen molar-refractivity contribution < 1.29 is 0 Å². The van der Waals surface area contributed by atoms with Crippen LogP contribution in [0.3, 0.4) is 0 Å². The first-order valence-corrected chi connectivity index (χ1v) is 6.48. The van der Waals surface area contributed by atoms with Gasteiger partial charge in [0.1, 0.15) is 11.6 Å². The minimum atomic E-state index is 0.506. The number of hydrogen-bond donors (Lipinski definition) is 1. The third-order valence-corrected chi connectivity index (χ3v) is 2.89. The van der Waals surface area contributed by atoms with Gasteiger partial charge in [-0.2, -0.15) is 0 Å². The fraction of sp³-hybridized carbons (Fsp3) is 0.214. The van der Waals surface area contributed by atoms with Gasteiger partial charge in [0, 0.05) is 24.8 Å².